The minimum Gasteiger partial charge on any atom is -0.301 e. The molecule has 0 rings (SSSR count). The van der Waals surface area contributed by atoms with Crippen LogP contribution in [-0.2, 0) is 14.0 Å². The third-order valence-electron chi connectivity index (χ3n) is 3.75. The van der Waals surface area contributed by atoms with E-state index < -0.39 is 7.82 Å². The second kappa shape index (κ2) is 15.0. The minimum absolute atomic E-state index is 0.106. The Hall–Kier alpha value is 0.110. The standard InChI is InChI=1S/C16H34O4P/c1-2-3-4-5-6-7-8-9-10-11-12-13-14-15-16-20-21(17,18)19/h2-16H2,1H3,(H,17,18). The van der Waals surface area contributed by atoms with Gasteiger partial charge in [0.1, 0.15) is 0 Å². The quantitative estimate of drug-likeness (QED) is 0.279. The molecule has 0 fully saturated rings. The van der Waals surface area contributed by atoms with Crippen LogP contribution in [0.4, 0.5) is 0 Å². The fraction of sp³-hybridized carbons (Fsp3) is 1.00. The van der Waals surface area contributed by atoms with Gasteiger partial charge in [0.25, 0.3) is 0 Å². The molecule has 1 atom stereocenters. The van der Waals surface area contributed by atoms with Gasteiger partial charge in [0, 0.05) is 0 Å². The summed E-state index contributed by atoms with van der Waals surface area (Å²) in [5, 5.41) is 0. The summed E-state index contributed by atoms with van der Waals surface area (Å²) in [6.07, 6.45) is 17.6. The maximum Gasteiger partial charge on any atom is 0.499 e. The predicted octanol–water partition coefficient (Wildman–Crippen LogP) is 6.02. The summed E-state index contributed by atoms with van der Waals surface area (Å²) in [5.41, 5.74) is 0. The maximum absolute atomic E-state index is 10.3. The van der Waals surface area contributed by atoms with Crippen LogP contribution in [-0.4, -0.2) is 11.5 Å². The van der Waals surface area contributed by atoms with E-state index in [1.165, 1.54) is 70.6 Å². The van der Waals surface area contributed by atoms with Crippen molar-refractivity contribution < 1.29 is 18.9 Å². The van der Waals surface area contributed by atoms with E-state index in [1.807, 2.05) is 0 Å². The molecule has 5 heteroatoms. The summed E-state index contributed by atoms with van der Waals surface area (Å²) in [7, 11) is -4.50. The second-order valence-electron chi connectivity index (χ2n) is 5.90. The zero-order chi connectivity index (χ0) is 15.8. The molecule has 0 amide bonds. The van der Waals surface area contributed by atoms with E-state index in [0.717, 1.165) is 12.8 Å². The summed E-state index contributed by atoms with van der Waals surface area (Å²) in [6.45, 7) is 2.36. The van der Waals surface area contributed by atoms with Gasteiger partial charge in [0.15, 0.2) is 0 Å². The highest BCUT2D eigenvalue weighted by atomic mass is 31.2. The molecule has 4 nitrogen and oxygen atoms in total. The lowest BCUT2D eigenvalue weighted by atomic mass is 10.0. The molecule has 0 aliphatic rings. The Balaban J connectivity index is 3.01. The average molecular weight is 321 g/mol. The van der Waals surface area contributed by atoms with Crippen molar-refractivity contribution in [3.63, 3.8) is 0 Å². The molecule has 1 unspecified atom stereocenters. The fourth-order valence-corrected chi connectivity index (χ4v) is 2.84. The van der Waals surface area contributed by atoms with Crippen molar-refractivity contribution >= 4 is 7.82 Å². The van der Waals surface area contributed by atoms with Crippen molar-refractivity contribution in [1.82, 2.24) is 0 Å². The first kappa shape index (κ1) is 21.1. The topological polar surface area (TPSA) is 66.4 Å². The van der Waals surface area contributed by atoms with Gasteiger partial charge in [-0.3, -0.25) is 4.52 Å². The molecule has 1 N–H and O–H groups in total. The number of rotatable bonds is 16. The van der Waals surface area contributed by atoms with Crippen molar-refractivity contribution in [3.8, 4) is 0 Å². The van der Waals surface area contributed by atoms with Crippen LogP contribution in [0.25, 0.3) is 0 Å². The Morgan fingerprint density at radius 2 is 1.05 bits per heavy atom. The third kappa shape index (κ3) is 20.1. The lowest BCUT2D eigenvalue weighted by Gasteiger charge is -2.04. The molecule has 0 saturated heterocycles. The van der Waals surface area contributed by atoms with Gasteiger partial charge in [-0.2, -0.15) is 0 Å². The Labute approximate surface area is 130 Å². The van der Waals surface area contributed by atoms with Gasteiger partial charge < -0.3 is 4.89 Å². The first-order valence-corrected chi connectivity index (χ1v) is 10.2. The van der Waals surface area contributed by atoms with Crippen LogP contribution in [0.5, 0.6) is 0 Å². The van der Waals surface area contributed by atoms with Gasteiger partial charge in [-0.25, -0.2) is 4.57 Å². The first-order valence-electron chi connectivity index (χ1n) is 8.74. The predicted molar refractivity (Wildman–Crippen MR) is 86.8 cm³/mol. The number of hydrogen-bond donors (Lipinski definition) is 1. The van der Waals surface area contributed by atoms with E-state index in [1.54, 1.807) is 0 Å². The zero-order valence-corrected chi connectivity index (χ0v) is 14.6. The van der Waals surface area contributed by atoms with Crippen LogP contribution >= 0.6 is 7.82 Å². The van der Waals surface area contributed by atoms with E-state index in [4.69, 9.17) is 4.89 Å². The second-order valence-corrected chi connectivity index (χ2v) is 7.09. The molecule has 0 heterocycles. The molecule has 0 aliphatic carbocycles. The van der Waals surface area contributed by atoms with Crippen LogP contribution in [0.3, 0.4) is 0 Å². The van der Waals surface area contributed by atoms with E-state index in [-0.39, 0.29) is 6.61 Å². The highest BCUT2D eigenvalue weighted by Crippen LogP contribution is 2.37. The highest BCUT2D eigenvalue weighted by Gasteiger charge is 2.15. The molecule has 0 aromatic carbocycles. The molecule has 127 valence electrons. The molecular weight excluding hydrogens is 287 g/mol. The molecule has 0 aromatic heterocycles. The summed E-state index contributed by atoms with van der Waals surface area (Å²) in [5.74, 6) is 0. The van der Waals surface area contributed by atoms with Crippen molar-refractivity contribution in [2.24, 2.45) is 0 Å². The normalized spacial score (nSPS) is 12.0. The molecule has 0 spiro atoms. The lowest BCUT2D eigenvalue weighted by molar-refractivity contribution is 0.168. The monoisotopic (exact) mass is 321 g/mol. The van der Waals surface area contributed by atoms with E-state index in [9.17, 15) is 9.46 Å². The molecule has 21 heavy (non-hydrogen) atoms. The summed E-state index contributed by atoms with van der Waals surface area (Å²) in [6, 6.07) is 0. The smallest absolute Gasteiger partial charge is 0.301 e. The maximum atomic E-state index is 10.3. The third-order valence-corrected chi connectivity index (χ3v) is 4.26. The Kier molecular flexibility index (Phi) is 15.1. The Morgan fingerprint density at radius 3 is 1.38 bits per heavy atom. The lowest BCUT2D eigenvalue weighted by Crippen LogP contribution is -1.91. The summed E-state index contributed by atoms with van der Waals surface area (Å²) < 4.78 is 14.6. The average Bonchev–Trinajstić information content (AvgIpc) is 2.42. The minimum atomic E-state index is -4.50. The van der Waals surface area contributed by atoms with Gasteiger partial charge >= 0.3 is 7.82 Å². The van der Waals surface area contributed by atoms with Crippen LogP contribution in [0.2, 0.25) is 0 Å². The van der Waals surface area contributed by atoms with Crippen molar-refractivity contribution in [2.75, 3.05) is 6.61 Å². The van der Waals surface area contributed by atoms with Crippen molar-refractivity contribution in [3.05, 3.63) is 0 Å². The fourth-order valence-electron chi connectivity index (χ4n) is 2.48. The Morgan fingerprint density at radius 1 is 0.714 bits per heavy atom. The van der Waals surface area contributed by atoms with E-state index in [0.29, 0.717) is 6.42 Å². The van der Waals surface area contributed by atoms with Crippen molar-refractivity contribution in [2.45, 2.75) is 96.8 Å². The van der Waals surface area contributed by atoms with Gasteiger partial charge in [-0.05, 0) is 6.42 Å². The number of hydrogen-bond acceptors (Lipinski definition) is 2. The van der Waals surface area contributed by atoms with Gasteiger partial charge in [-0.15, -0.1) is 4.89 Å². The zero-order valence-electron chi connectivity index (χ0n) is 13.7. The van der Waals surface area contributed by atoms with Crippen LogP contribution in [0.1, 0.15) is 96.8 Å². The highest BCUT2D eigenvalue weighted by molar-refractivity contribution is 7.46. The molecule has 0 saturated carbocycles. The Bertz CT molecular complexity index is 253. The molecule has 0 aromatic rings. The summed E-state index contributed by atoms with van der Waals surface area (Å²) >= 11 is 0. The van der Waals surface area contributed by atoms with Crippen molar-refractivity contribution in [1.29, 1.82) is 0 Å². The molecule has 0 aliphatic heterocycles. The van der Waals surface area contributed by atoms with Crippen LogP contribution in [0.15, 0.2) is 0 Å². The molecular formula is C16H34O4P. The van der Waals surface area contributed by atoms with Crippen LogP contribution < -0.4 is 0 Å². The molecule has 0 bridgehead atoms. The molecule has 1 radical (unpaired) electrons. The first-order chi connectivity index (χ1) is 10.1. The largest absolute Gasteiger partial charge is 0.499 e. The van der Waals surface area contributed by atoms with E-state index in [2.05, 4.69) is 11.4 Å². The number of unbranched alkanes of at least 4 members (excludes halogenated alkanes) is 13. The van der Waals surface area contributed by atoms with Gasteiger partial charge in [0.2, 0.25) is 0 Å². The summed E-state index contributed by atoms with van der Waals surface area (Å²) in [4.78, 5) is 18.7. The van der Waals surface area contributed by atoms with E-state index >= 15 is 0 Å². The SMILES string of the molecule is CCCCCCCCCCCCCCCCOP([O])(=O)O. The van der Waals surface area contributed by atoms with Crippen LogP contribution in [0, 0.1) is 0 Å². The van der Waals surface area contributed by atoms with Gasteiger partial charge in [-0.1, -0.05) is 90.4 Å². The van der Waals surface area contributed by atoms with Gasteiger partial charge in [0.05, 0.1) is 6.61 Å².